The molecule has 0 bridgehead atoms. The van der Waals surface area contributed by atoms with Gasteiger partial charge in [-0.3, -0.25) is 14.4 Å². The maximum Gasteiger partial charge on any atom is 0.241 e. The fourth-order valence-electron chi connectivity index (χ4n) is 6.22. The van der Waals surface area contributed by atoms with Crippen molar-refractivity contribution in [3.63, 3.8) is 0 Å². The van der Waals surface area contributed by atoms with Crippen molar-refractivity contribution in [1.82, 2.24) is 10.2 Å². The van der Waals surface area contributed by atoms with Crippen LogP contribution >= 0.6 is 0 Å². The van der Waals surface area contributed by atoms with Crippen molar-refractivity contribution in [1.29, 1.82) is 0 Å². The Kier molecular flexibility index (Phi) is 9.65. The molecule has 0 radical (unpaired) electrons. The number of hydrogen-bond acceptors (Lipinski definition) is 9. The van der Waals surface area contributed by atoms with Gasteiger partial charge in [0, 0.05) is 38.7 Å². The van der Waals surface area contributed by atoms with E-state index in [1.54, 1.807) is 45.5 Å². The van der Waals surface area contributed by atoms with E-state index in [1.165, 1.54) is 6.92 Å². The van der Waals surface area contributed by atoms with Gasteiger partial charge in [-0.2, -0.15) is 0 Å². The highest BCUT2D eigenvalue weighted by atomic mass is 16.5. The van der Waals surface area contributed by atoms with Gasteiger partial charge in [-0.25, -0.2) is 0 Å². The highest BCUT2D eigenvalue weighted by Crippen LogP contribution is 2.50. The minimum Gasteiger partial charge on any atom is -0.495 e. The number of nitrogens with one attached hydrogen (secondary N) is 2. The van der Waals surface area contributed by atoms with Gasteiger partial charge in [0.05, 0.1) is 52.4 Å². The molecule has 2 aliphatic rings. The Morgan fingerprint density at radius 3 is 2.24 bits per heavy atom. The Labute approximate surface area is 263 Å². The molecule has 3 aromatic rings. The number of ether oxygens (including phenoxy) is 4. The van der Waals surface area contributed by atoms with E-state index in [0.29, 0.717) is 61.8 Å². The summed E-state index contributed by atoms with van der Waals surface area (Å²) in [6.45, 7) is 3.89. The van der Waals surface area contributed by atoms with Crippen LogP contribution in [0.2, 0.25) is 0 Å². The predicted octanol–water partition coefficient (Wildman–Crippen LogP) is 3.63. The molecule has 1 saturated heterocycles. The summed E-state index contributed by atoms with van der Waals surface area (Å²) in [5.74, 6) is 1.95. The monoisotopic (exact) mass is 616 g/mol. The zero-order valence-electron chi connectivity index (χ0n) is 26.4. The summed E-state index contributed by atoms with van der Waals surface area (Å²) in [6.07, 6.45) is 1.16. The lowest BCUT2D eigenvalue weighted by Gasteiger charge is -2.36. The molecule has 0 spiro atoms. The Morgan fingerprint density at radius 1 is 0.867 bits per heavy atom. The highest BCUT2D eigenvalue weighted by Gasteiger charge is 2.30. The standard InChI is InChI=1S/C34H40N4O7/c1-21(39)36-25-12-10-22-18-30(43-3)33(44-4)34(45-5)32(22)23-11-13-26(28(40)19-24(23)25)35-20-31(41)38-16-14-37(15-17-38)27-8-6-7-9-29(27)42-2/h6-9,11,13,18-19,25H,10,12,14-17,20H2,1-5H3,(H,35,40)(H,36,39)/t25-/m1/s1. The molecular weight excluding hydrogens is 576 g/mol. The van der Waals surface area contributed by atoms with E-state index < -0.39 is 6.04 Å². The summed E-state index contributed by atoms with van der Waals surface area (Å²) in [5.41, 5.74) is 4.09. The molecule has 1 aliphatic heterocycles. The molecule has 1 heterocycles. The van der Waals surface area contributed by atoms with Crippen LogP contribution in [0.15, 0.2) is 53.3 Å². The quantitative estimate of drug-likeness (QED) is 0.372. The van der Waals surface area contributed by atoms with Crippen molar-refractivity contribution < 1.29 is 28.5 Å². The van der Waals surface area contributed by atoms with E-state index in [-0.39, 0.29) is 29.5 Å². The number of carbonyl (C=O) groups excluding carboxylic acids is 2. The van der Waals surface area contributed by atoms with Crippen LogP contribution in [0.5, 0.6) is 23.0 Å². The third kappa shape index (κ3) is 6.47. The summed E-state index contributed by atoms with van der Waals surface area (Å²) in [7, 11) is 6.32. The third-order valence-electron chi connectivity index (χ3n) is 8.40. The Balaban J connectivity index is 1.41. The molecular formula is C34H40N4O7. The number of rotatable bonds is 9. The molecule has 3 aromatic carbocycles. The Bertz CT molecular complexity index is 1640. The summed E-state index contributed by atoms with van der Waals surface area (Å²) >= 11 is 0. The molecule has 0 aromatic heterocycles. The van der Waals surface area contributed by atoms with Crippen LogP contribution in [0, 0.1) is 0 Å². The molecule has 11 nitrogen and oxygen atoms in total. The summed E-state index contributed by atoms with van der Waals surface area (Å²) in [6, 6.07) is 14.4. The second-order valence-corrected chi connectivity index (χ2v) is 11.0. The van der Waals surface area contributed by atoms with Gasteiger partial charge in [0.2, 0.25) is 23.0 Å². The van der Waals surface area contributed by atoms with Gasteiger partial charge in [-0.1, -0.05) is 18.2 Å². The van der Waals surface area contributed by atoms with Crippen molar-refractivity contribution in [3.05, 3.63) is 69.9 Å². The number of benzene rings is 2. The number of nitrogens with zero attached hydrogens (tertiary/aromatic N) is 2. The SMILES string of the molecule is COc1ccccc1N1CCN(C(=O)CNc2ccc3c(cc2=O)[C@H](NC(C)=O)CCc2cc(OC)c(OC)c(OC)c2-3)CC1. The number of amides is 2. The number of para-hydroxylation sites is 2. The van der Waals surface area contributed by atoms with Gasteiger partial charge >= 0.3 is 0 Å². The summed E-state index contributed by atoms with van der Waals surface area (Å²) < 4.78 is 22.6. The van der Waals surface area contributed by atoms with Crippen LogP contribution < -0.4 is 39.9 Å². The topological polar surface area (TPSA) is 119 Å². The second-order valence-electron chi connectivity index (χ2n) is 11.0. The van der Waals surface area contributed by atoms with Crippen LogP contribution in [0.1, 0.15) is 30.5 Å². The average molecular weight is 617 g/mol. The molecule has 0 unspecified atom stereocenters. The Morgan fingerprint density at radius 2 is 1.58 bits per heavy atom. The van der Waals surface area contributed by atoms with Crippen molar-refractivity contribution in [2.75, 3.05) is 71.4 Å². The van der Waals surface area contributed by atoms with Crippen LogP contribution in [-0.2, 0) is 16.0 Å². The van der Waals surface area contributed by atoms with E-state index in [0.717, 1.165) is 28.1 Å². The van der Waals surface area contributed by atoms with Gasteiger partial charge in [0.1, 0.15) is 5.75 Å². The number of piperazine rings is 1. The first kappa shape index (κ1) is 31.5. The first-order valence-electron chi connectivity index (χ1n) is 15.0. The molecule has 5 rings (SSSR count). The molecule has 2 N–H and O–H groups in total. The fraction of sp³-hybridized carbons (Fsp3) is 0.382. The van der Waals surface area contributed by atoms with E-state index >= 15 is 0 Å². The fourth-order valence-corrected chi connectivity index (χ4v) is 6.22. The van der Waals surface area contributed by atoms with E-state index in [1.807, 2.05) is 36.4 Å². The first-order chi connectivity index (χ1) is 21.8. The van der Waals surface area contributed by atoms with Gasteiger partial charge in [0.25, 0.3) is 0 Å². The third-order valence-corrected chi connectivity index (χ3v) is 8.40. The van der Waals surface area contributed by atoms with Crippen LogP contribution in [0.3, 0.4) is 0 Å². The number of anilines is 2. The maximum absolute atomic E-state index is 13.6. The highest BCUT2D eigenvalue weighted by molar-refractivity contribution is 5.84. The van der Waals surface area contributed by atoms with E-state index in [4.69, 9.17) is 18.9 Å². The molecule has 2 amide bonds. The minimum atomic E-state index is -0.416. The molecule has 0 saturated carbocycles. The van der Waals surface area contributed by atoms with Crippen LogP contribution in [0.25, 0.3) is 11.1 Å². The molecule has 1 fully saturated rings. The largest absolute Gasteiger partial charge is 0.495 e. The van der Waals surface area contributed by atoms with Crippen LogP contribution in [-0.4, -0.2) is 77.9 Å². The van der Waals surface area contributed by atoms with Crippen molar-refractivity contribution in [3.8, 4) is 34.1 Å². The zero-order chi connectivity index (χ0) is 32.1. The van der Waals surface area contributed by atoms with Gasteiger partial charge in [-0.15, -0.1) is 0 Å². The van der Waals surface area contributed by atoms with E-state index in [2.05, 4.69) is 15.5 Å². The predicted molar refractivity (Wildman–Crippen MR) is 173 cm³/mol. The lowest BCUT2D eigenvalue weighted by molar-refractivity contribution is -0.129. The maximum atomic E-state index is 13.6. The second kappa shape index (κ2) is 13.8. The van der Waals surface area contributed by atoms with Crippen molar-refractivity contribution >= 4 is 23.2 Å². The summed E-state index contributed by atoms with van der Waals surface area (Å²) in [5, 5.41) is 6.09. The summed E-state index contributed by atoms with van der Waals surface area (Å²) in [4.78, 5) is 43.0. The average Bonchev–Trinajstić information content (AvgIpc) is 3.30. The lowest BCUT2D eigenvalue weighted by Crippen LogP contribution is -2.50. The number of aryl methyl sites for hydroxylation is 1. The minimum absolute atomic E-state index is 0.0291. The lowest BCUT2D eigenvalue weighted by atomic mass is 9.95. The van der Waals surface area contributed by atoms with Gasteiger partial charge < -0.3 is 39.4 Å². The molecule has 45 heavy (non-hydrogen) atoms. The molecule has 11 heteroatoms. The van der Waals surface area contributed by atoms with E-state index in [9.17, 15) is 14.4 Å². The normalized spacial score (nSPS) is 15.6. The Hall–Kier alpha value is -4.93. The zero-order valence-corrected chi connectivity index (χ0v) is 26.4. The van der Waals surface area contributed by atoms with Crippen LogP contribution in [0.4, 0.5) is 11.4 Å². The van der Waals surface area contributed by atoms with Gasteiger partial charge in [0.15, 0.2) is 11.5 Å². The van der Waals surface area contributed by atoms with Crippen molar-refractivity contribution in [2.24, 2.45) is 0 Å². The molecule has 238 valence electrons. The first-order valence-corrected chi connectivity index (χ1v) is 15.0. The van der Waals surface area contributed by atoms with Crippen molar-refractivity contribution in [2.45, 2.75) is 25.8 Å². The molecule has 1 aliphatic carbocycles. The smallest absolute Gasteiger partial charge is 0.241 e. The number of hydrogen-bond donors (Lipinski definition) is 2. The number of carbonyl (C=O) groups is 2. The van der Waals surface area contributed by atoms with Gasteiger partial charge in [-0.05, 0) is 59.9 Å². The molecule has 1 atom stereocenters. The number of fused-ring (bicyclic) bond motifs is 3. The number of methoxy groups -OCH3 is 4.